The molecule has 1 amide bonds. The van der Waals surface area contributed by atoms with E-state index in [0.717, 1.165) is 29.3 Å². The normalized spacial score (nSPS) is 14.8. The van der Waals surface area contributed by atoms with Crippen LogP contribution in [-0.4, -0.2) is 61.8 Å². The SMILES string of the molecule is CC(C)c1c(C(=O)N2CCN(Cc3nc(-c4cccs4)no3)CC2)cnn1-c1ccc(Cl)cc1. The fourth-order valence-electron chi connectivity index (χ4n) is 4.16. The number of nitrogens with zero attached hydrogens (tertiary/aromatic N) is 6. The maximum Gasteiger partial charge on any atom is 0.257 e. The van der Waals surface area contributed by atoms with Crippen molar-refractivity contribution in [2.24, 2.45) is 0 Å². The number of aromatic nitrogens is 4. The van der Waals surface area contributed by atoms with Gasteiger partial charge in [-0.3, -0.25) is 9.69 Å². The predicted octanol–water partition coefficient (Wildman–Crippen LogP) is 4.72. The first-order valence-corrected chi connectivity index (χ1v) is 12.5. The van der Waals surface area contributed by atoms with Crippen LogP contribution in [0.15, 0.2) is 52.5 Å². The monoisotopic (exact) mass is 496 g/mol. The third kappa shape index (κ3) is 4.64. The Morgan fingerprint density at radius 1 is 1.15 bits per heavy atom. The second kappa shape index (κ2) is 9.69. The number of benzene rings is 1. The van der Waals surface area contributed by atoms with Gasteiger partial charge in [-0.15, -0.1) is 11.3 Å². The average Bonchev–Trinajstić information content (AvgIpc) is 3.60. The van der Waals surface area contributed by atoms with Crippen molar-refractivity contribution >= 4 is 28.8 Å². The second-order valence-electron chi connectivity index (χ2n) is 8.54. The van der Waals surface area contributed by atoms with Gasteiger partial charge in [-0.25, -0.2) is 4.68 Å². The van der Waals surface area contributed by atoms with E-state index in [9.17, 15) is 4.79 Å². The first kappa shape index (κ1) is 22.8. The Morgan fingerprint density at radius 2 is 1.91 bits per heavy atom. The van der Waals surface area contributed by atoms with Gasteiger partial charge in [-0.05, 0) is 41.6 Å². The van der Waals surface area contributed by atoms with Gasteiger partial charge in [0.05, 0.1) is 34.6 Å². The van der Waals surface area contributed by atoms with Crippen LogP contribution in [0.1, 0.15) is 41.7 Å². The Morgan fingerprint density at radius 3 is 2.59 bits per heavy atom. The summed E-state index contributed by atoms with van der Waals surface area (Å²) in [5, 5.41) is 11.3. The zero-order chi connectivity index (χ0) is 23.7. The minimum atomic E-state index is 0.0151. The fraction of sp³-hybridized carbons (Fsp3) is 0.333. The molecule has 34 heavy (non-hydrogen) atoms. The lowest BCUT2D eigenvalue weighted by molar-refractivity contribution is 0.0613. The van der Waals surface area contributed by atoms with E-state index in [1.165, 1.54) is 0 Å². The fourth-order valence-corrected chi connectivity index (χ4v) is 4.94. The third-order valence-electron chi connectivity index (χ3n) is 5.88. The Balaban J connectivity index is 1.25. The molecule has 1 aliphatic rings. The van der Waals surface area contributed by atoms with Gasteiger partial charge in [0.1, 0.15) is 0 Å². The zero-order valence-corrected chi connectivity index (χ0v) is 20.6. The van der Waals surface area contributed by atoms with Crippen molar-refractivity contribution < 1.29 is 9.32 Å². The Kier molecular flexibility index (Phi) is 6.49. The van der Waals surface area contributed by atoms with Crippen LogP contribution < -0.4 is 0 Å². The van der Waals surface area contributed by atoms with Crippen LogP contribution in [0.3, 0.4) is 0 Å². The van der Waals surface area contributed by atoms with Crippen molar-refractivity contribution in [3.05, 3.63) is 70.1 Å². The molecule has 1 aromatic carbocycles. The lowest BCUT2D eigenvalue weighted by atomic mass is 10.0. The van der Waals surface area contributed by atoms with Crippen LogP contribution in [0.4, 0.5) is 0 Å². The van der Waals surface area contributed by atoms with Crippen LogP contribution in [0.5, 0.6) is 0 Å². The van der Waals surface area contributed by atoms with E-state index in [4.69, 9.17) is 16.1 Å². The summed E-state index contributed by atoms with van der Waals surface area (Å²) in [6, 6.07) is 11.4. The molecule has 5 rings (SSSR count). The molecule has 1 aliphatic heterocycles. The van der Waals surface area contributed by atoms with Crippen molar-refractivity contribution in [2.45, 2.75) is 26.3 Å². The highest BCUT2D eigenvalue weighted by Gasteiger charge is 2.28. The summed E-state index contributed by atoms with van der Waals surface area (Å²) in [6.45, 7) is 7.48. The number of carbonyl (C=O) groups is 1. The molecule has 0 radical (unpaired) electrons. The summed E-state index contributed by atoms with van der Waals surface area (Å²) < 4.78 is 7.27. The second-order valence-corrected chi connectivity index (χ2v) is 9.93. The van der Waals surface area contributed by atoms with Gasteiger partial charge in [-0.2, -0.15) is 10.1 Å². The quantitative estimate of drug-likeness (QED) is 0.384. The molecular formula is C24H25ClN6O2S. The third-order valence-corrected chi connectivity index (χ3v) is 7.00. The summed E-state index contributed by atoms with van der Waals surface area (Å²) in [5.41, 5.74) is 2.44. The van der Waals surface area contributed by atoms with Gasteiger partial charge in [0.15, 0.2) is 0 Å². The van der Waals surface area contributed by atoms with E-state index in [0.29, 0.717) is 41.9 Å². The maximum atomic E-state index is 13.4. The average molecular weight is 497 g/mol. The van der Waals surface area contributed by atoms with Crippen LogP contribution in [0, 0.1) is 0 Å². The molecule has 0 unspecified atom stereocenters. The number of amides is 1. The summed E-state index contributed by atoms with van der Waals surface area (Å²) in [4.78, 5) is 23.0. The molecule has 0 saturated carbocycles. The van der Waals surface area contributed by atoms with Crippen LogP contribution in [0.2, 0.25) is 5.02 Å². The number of thiophene rings is 1. The number of halogens is 1. The Labute approximate surface area is 206 Å². The number of hydrogen-bond donors (Lipinski definition) is 0. The van der Waals surface area contributed by atoms with Crippen molar-refractivity contribution in [2.75, 3.05) is 26.2 Å². The highest BCUT2D eigenvalue weighted by molar-refractivity contribution is 7.13. The van der Waals surface area contributed by atoms with E-state index >= 15 is 0 Å². The number of hydrogen-bond acceptors (Lipinski definition) is 7. The van der Waals surface area contributed by atoms with Gasteiger partial charge in [0.25, 0.3) is 5.91 Å². The maximum absolute atomic E-state index is 13.4. The van der Waals surface area contributed by atoms with Gasteiger partial charge in [0.2, 0.25) is 11.7 Å². The van der Waals surface area contributed by atoms with Crippen molar-refractivity contribution in [3.63, 3.8) is 0 Å². The van der Waals surface area contributed by atoms with Crippen LogP contribution in [-0.2, 0) is 6.54 Å². The molecule has 10 heteroatoms. The van der Waals surface area contributed by atoms with E-state index in [-0.39, 0.29) is 11.8 Å². The Bertz CT molecular complexity index is 1260. The summed E-state index contributed by atoms with van der Waals surface area (Å²) in [6.07, 6.45) is 1.68. The van der Waals surface area contributed by atoms with E-state index in [2.05, 4.69) is 34.0 Å². The van der Waals surface area contributed by atoms with Gasteiger partial charge in [0, 0.05) is 31.2 Å². The molecule has 0 atom stereocenters. The summed E-state index contributed by atoms with van der Waals surface area (Å²) in [7, 11) is 0. The summed E-state index contributed by atoms with van der Waals surface area (Å²) in [5.74, 6) is 1.36. The standard InChI is InChI=1S/C24H25ClN6O2S/c1-16(2)22-19(14-26-31(22)18-7-5-17(25)6-8-18)24(32)30-11-9-29(10-12-30)15-21-27-23(28-33-21)20-4-3-13-34-20/h3-8,13-14,16H,9-12,15H2,1-2H3. The van der Waals surface area contributed by atoms with Crippen LogP contribution in [0.25, 0.3) is 16.4 Å². The minimum absolute atomic E-state index is 0.0151. The van der Waals surface area contributed by atoms with Crippen molar-refractivity contribution in [1.82, 2.24) is 29.7 Å². The molecule has 8 nitrogen and oxygen atoms in total. The number of piperazine rings is 1. The molecule has 176 valence electrons. The van der Waals surface area contributed by atoms with E-state index in [1.807, 2.05) is 51.4 Å². The molecule has 0 spiro atoms. The lowest BCUT2D eigenvalue weighted by Crippen LogP contribution is -2.48. The van der Waals surface area contributed by atoms with Gasteiger partial charge >= 0.3 is 0 Å². The van der Waals surface area contributed by atoms with Crippen molar-refractivity contribution in [3.8, 4) is 16.4 Å². The largest absolute Gasteiger partial charge is 0.338 e. The summed E-state index contributed by atoms with van der Waals surface area (Å²) >= 11 is 7.62. The molecule has 1 saturated heterocycles. The first-order valence-electron chi connectivity index (χ1n) is 11.2. The van der Waals surface area contributed by atoms with E-state index < -0.39 is 0 Å². The Hall–Kier alpha value is -3.01. The molecule has 4 heterocycles. The van der Waals surface area contributed by atoms with Crippen LogP contribution >= 0.6 is 22.9 Å². The molecular weight excluding hydrogens is 472 g/mol. The van der Waals surface area contributed by atoms with E-state index in [1.54, 1.807) is 17.5 Å². The molecule has 1 fully saturated rings. The van der Waals surface area contributed by atoms with Gasteiger partial charge in [-0.1, -0.05) is 36.7 Å². The minimum Gasteiger partial charge on any atom is -0.338 e. The zero-order valence-electron chi connectivity index (χ0n) is 19.0. The molecule has 3 aromatic heterocycles. The number of carbonyl (C=O) groups excluding carboxylic acids is 1. The molecule has 0 bridgehead atoms. The highest BCUT2D eigenvalue weighted by atomic mass is 35.5. The topological polar surface area (TPSA) is 80.3 Å². The van der Waals surface area contributed by atoms with Gasteiger partial charge < -0.3 is 9.42 Å². The van der Waals surface area contributed by atoms with Crippen molar-refractivity contribution in [1.29, 1.82) is 0 Å². The highest BCUT2D eigenvalue weighted by Crippen LogP contribution is 2.26. The number of rotatable bonds is 6. The first-order chi connectivity index (χ1) is 16.5. The molecule has 0 aliphatic carbocycles. The predicted molar refractivity (Wildman–Crippen MR) is 131 cm³/mol. The molecule has 4 aromatic rings. The lowest BCUT2D eigenvalue weighted by Gasteiger charge is -2.34. The smallest absolute Gasteiger partial charge is 0.257 e. The molecule has 0 N–H and O–H groups in total.